The first kappa shape index (κ1) is 14.3. The van der Waals surface area contributed by atoms with Gasteiger partial charge in [0.15, 0.2) is 0 Å². The summed E-state index contributed by atoms with van der Waals surface area (Å²) < 4.78 is 31.7. The second-order valence-corrected chi connectivity index (χ2v) is 7.70. The van der Waals surface area contributed by atoms with Crippen molar-refractivity contribution in [2.45, 2.75) is 11.6 Å². The third kappa shape index (κ3) is 3.44. The van der Waals surface area contributed by atoms with E-state index in [-0.39, 0.29) is 6.54 Å². The predicted octanol–water partition coefficient (Wildman–Crippen LogP) is 2.28. The van der Waals surface area contributed by atoms with Crippen LogP contribution in [0.25, 0.3) is 0 Å². The number of carbonyl (C=O) groups is 1. The molecular weight excluding hydrogens is 358 g/mol. The van der Waals surface area contributed by atoms with Gasteiger partial charge < -0.3 is 9.52 Å². The van der Waals surface area contributed by atoms with Gasteiger partial charge in [-0.25, -0.2) is 17.9 Å². The number of sulfonamides is 1. The number of hydrogen-bond donors (Lipinski definition) is 2. The molecule has 2 aromatic heterocycles. The van der Waals surface area contributed by atoms with Crippen molar-refractivity contribution in [2.75, 3.05) is 0 Å². The van der Waals surface area contributed by atoms with E-state index in [4.69, 9.17) is 9.52 Å². The zero-order valence-electron chi connectivity index (χ0n) is 9.29. The Kier molecular flexibility index (Phi) is 4.09. The maximum atomic E-state index is 11.8. The molecule has 2 heterocycles. The van der Waals surface area contributed by atoms with Crippen molar-refractivity contribution in [2.24, 2.45) is 0 Å². The third-order valence-corrected chi connectivity index (χ3v) is 5.02. The Bertz CT molecular complexity index is 703. The van der Waals surface area contributed by atoms with Crippen molar-refractivity contribution in [1.82, 2.24) is 4.72 Å². The Morgan fingerprint density at radius 2 is 2.11 bits per heavy atom. The van der Waals surface area contributed by atoms with Crippen molar-refractivity contribution in [3.05, 3.63) is 38.7 Å². The number of hydrogen-bond acceptors (Lipinski definition) is 5. The second kappa shape index (κ2) is 5.45. The topological polar surface area (TPSA) is 96.6 Å². The highest BCUT2D eigenvalue weighted by Crippen LogP contribution is 2.22. The maximum Gasteiger partial charge on any atom is 0.371 e. The Labute approximate surface area is 121 Å². The lowest BCUT2D eigenvalue weighted by atomic mass is 10.5. The summed E-state index contributed by atoms with van der Waals surface area (Å²) >= 11 is 4.67. The van der Waals surface area contributed by atoms with Crippen LogP contribution in [0.15, 0.2) is 37.6 Å². The number of furan rings is 1. The van der Waals surface area contributed by atoms with Crippen LogP contribution in [-0.4, -0.2) is 19.5 Å². The van der Waals surface area contributed by atoms with Crippen LogP contribution < -0.4 is 4.72 Å². The molecule has 9 heteroatoms. The van der Waals surface area contributed by atoms with Gasteiger partial charge in [0.2, 0.25) is 10.9 Å². The summed E-state index contributed by atoms with van der Waals surface area (Å²) in [5.41, 5.74) is 0. The molecule has 2 N–H and O–H groups in total. The van der Waals surface area contributed by atoms with Crippen molar-refractivity contribution in [1.29, 1.82) is 0 Å². The van der Waals surface area contributed by atoms with Crippen LogP contribution >= 0.6 is 27.3 Å². The standard InChI is InChI=1S/C10H8BrNO5S2/c11-8-3-1-6(18-8)5-12-19(15,16)9-4-2-7(17-9)10(13)14/h1-4,12H,5H2,(H,13,14). The molecule has 2 aromatic rings. The number of carboxylic acid groups (broad SMARTS) is 1. The smallest absolute Gasteiger partial charge is 0.371 e. The molecule has 0 unspecified atom stereocenters. The summed E-state index contributed by atoms with van der Waals surface area (Å²) in [4.78, 5) is 11.4. The van der Waals surface area contributed by atoms with Crippen LogP contribution in [0.1, 0.15) is 15.4 Å². The van der Waals surface area contributed by atoms with E-state index in [0.717, 1.165) is 20.8 Å². The molecule has 102 valence electrons. The summed E-state index contributed by atoms with van der Waals surface area (Å²) in [6.07, 6.45) is 0. The molecule has 0 spiro atoms. The number of halogens is 1. The molecule has 0 saturated carbocycles. The fourth-order valence-corrected chi connectivity index (χ4v) is 3.71. The zero-order valence-corrected chi connectivity index (χ0v) is 12.5. The van der Waals surface area contributed by atoms with Crippen LogP contribution in [-0.2, 0) is 16.6 Å². The molecule has 19 heavy (non-hydrogen) atoms. The Morgan fingerprint density at radius 3 is 2.63 bits per heavy atom. The van der Waals surface area contributed by atoms with Gasteiger partial charge in [0.25, 0.3) is 10.0 Å². The third-order valence-electron chi connectivity index (χ3n) is 2.12. The van der Waals surface area contributed by atoms with Gasteiger partial charge in [0.05, 0.1) is 3.79 Å². The van der Waals surface area contributed by atoms with Crippen molar-refractivity contribution < 1.29 is 22.7 Å². The van der Waals surface area contributed by atoms with Gasteiger partial charge in [-0.2, -0.15) is 0 Å². The predicted molar refractivity (Wildman–Crippen MR) is 71.7 cm³/mol. The van der Waals surface area contributed by atoms with Gasteiger partial charge >= 0.3 is 5.97 Å². The Morgan fingerprint density at radius 1 is 1.37 bits per heavy atom. The van der Waals surface area contributed by atoms with Gasteiger partial charge in [-0.15, -0.1) is 11.3 Å². The molecule has 0 saturated heterocycles. The van der Waals surface area contributed by atoms with Crippen molar-refractivity contribution >= 4 is 43.3 Å². The number of carboxylic acids is 1. The Hall–Kier alpha value is -1.16. The average Bonchev–Trinajstić information content (AvgIpc) is 2.95. The van der Waals surface area contributed by atoms with Gasteiger partial charge in [0.1, 0.15) is 0 Å². The summed E-state index contributed by atoms with van der Waals surface area (Å²) in [7, 11) is -3.85. The summed E-state index contributed by atoms with van der Waals surface area (Å²) in [6.45, 7) is 0.113. The molecule has 0 fully saturated rings. The van der Waals surface area contributed by atoms with E-state index in [2.05, 4.69) is 20.7 Å². The number of nitrogens with one attached hydrogen (secondary N) is 1. The van der Waals surface area contributed by atoms with Gasteiger partial charge in [-0.05, 0) is 40.2 Å². The average molecular weight is 366 g/mol. The van der Waals surface area contributed by atoms with Crippen LogP contribution in [0, 0.1) is 0 Å². The van der Waals surface area contributed by atoms with Crippen LogP contribution in [0.4, 0.5) is 0 Å². The van der Waals surface area contributed by atoms with E-state index in [1.807, 2.05) is 6.07 Å². The fourth-order valence-electron chi connectivity index (χ4n) is 1.26. The van der Waals surface area contributed by atoms with Crippen LogP contribution in [0.2, 0.25) is 0 Å². The quantitative estimate of drug-likeness (QED) is 0.846. The van der Waals surface area contributed by atoms with Crippen LogP contribution in [0.5, 0.6) is 0 Å². The molecule has 0 radical (unpaired) electrons. The highest BCUT2D eigenvalue weighted by molar-refractivity contribution is 9.11. The lowest BCUT2D eigenvalue weighted by Crippen LogP contribution is -2.22. The number of thiophene rings is 1. The normalized spacial score (nSPS) is 11.6. The van der Waals surface area contributed by atoms with Gasteiger partial charge in [-0.1, -0.05) is 0 Å². The molecule has 0 amide bonds. The van der Waals surface area contributed by atoms with E-state index in [1.165, 1.54) is 11.3 Å². The van der Waals surface area contributed by atoms with Crippen LogP contribution in [0.3, 0.4) is 0 Å². The zero-order chi connectivity index (χ0) is 14.0. The Balaban J connectivity index is 2.11. The van der Waals surface area contributed by atoms with E-state index < -0.39 is 26.8 Å². The summed E-state index contributed by atoms with van der Waals surface area (Å²) in [5, 5.41) is 8.25. The van der Waals surface area contributed by atoms with E-state index in [9.17, 15) is 13.2 Å². The first-order chi connectivity index (χ1) is 8.88. The number of rotatable bonds is 5. The largest absolute Gasteiger partial charge is 0.475 e. The highest BCUT2D eigenvalue weighted by atomic mass is 79.9. The molecule has 2 rings (SSSR count). The molecule has 0 aliphatic carbocycles. The molecule has 0 aliphatic heterocycles. The van der Waals surface area contributed by atoms with Gasteiger partial charge in [-0.3, -0.25) is 0 Å². The van der Waals surface area contributed by atoms with E-state index in [1.54, 1.807) is 6.07 Å². The molecule has 6 nitrogen and oxygen atoms in total. The minimum Gasteiger partial charge on any atom is -0.475 e. The SMILES string of the molecule is O=C(O)c1ccc(S(=O)(=O)NCc2ccc(Br)s2)o1. The van der Waals surface area contributed by atoms with E-state index in [0.29, 0.717) is 0 Å². The lowest BCUT2D eigenvalue weighted by molar-refractivity contribution is 0.0656. The van der Waals surface area contributed by atoms with Gasteiger partial charge in [0, 0.05) is 11.4 Å². The monoisotopic (exact) mass is 365 g/mol. The van der Waals surface area contributed by atoms with Crippen molar-refractivity contribution in [3.63, 3.8) is 0 Å². The lowest BCUT2D eigenvalue weighted by Gasteiger charge is -2.01. The molecule has 0 aliphatic rings. The maximum absolute atomic E-state index is 11.8. The van der Waals surface area contributed by atoms with Crippen molar-refractivity contribution in [3.8, 4) is 0 Å². The van der Waals surface area contributed by atoms with E-state index >= 15 is 0 Å². The number of aromatic carboxylic acids is 1. The first-order valence-electron chi connectivity index (χ1n) is 4.95. The first-order valence-corrected chi connectivity index (χ1v) is 8.05. The highest BCUT2D eigenvalue weighted by Gasteiger charge is 2.20. The fraction of sp³-hybridized carbons (Fsp3) is 0.100. The minimum absolute atomic E-state index is 0.113. The minimum atomic E-state index is -3.85. The summed E-state index contributed by atoms with van der Waals surface area (Å²) in [6, 6.07) is 5.79. The molecule has 0 atom stereocenters. The summed E-state index contributed by atoms with van der Waals surface area (Å²) in [5.74, 6) is -1.73. The second-order valence-electron chi connectivity index (χ2n) is 3.45. The molecule has 0 bridgehead atoms. The molecular formula is C10H8BrNO5S2. The molecule has 0 aromatic carbocycles.